The smallest absolute Gasteiger partial charge is 0.340 e. The van der Waals surface area contributed by atoms with Crippen LogP contribution < -0.4 is 10.1 Å². The van der Waals surface area contributed by atoms with Crippen molar-refractivity contribution < 1.29 is 19.1 Å². The van der Waals surface area contributed by atoms with Crippen molar-refractivity contribution in [3.63, 3.8) is 0 Å². The van der Waals surface area contributed by atoms with E-state index in [1.165, 1.54) is 31.6 Å². The number of aryl methyl sites for hydroxylation is 1. The lowest BCUT2D eigenvalue weighted by molar-refractivity contribution is -0.112. The van der Waals surface area contributed by atoms with Crippen molar-refractivity contribution in [1.29, 1.82) is 5.26 Å². The summed E-state index contributed by atoms with van der Waals surface area (Å²) >= 11 is 1.30. The molecule has 2 aromatic rings. The highest BCUT2D eigenvalue weighted by molar-refractivity contribution is 7.16. The Labute approximate surface area is 162 Å². The summed E-state index contributed by atoms with van der Waals surface area (Å²) in [7, 11) is 2.80. The van der Waals surface area contributed by atoms with E-state index in [1.807, 2.05) is 13.0 Å². The summed E-state index contributed by atoms with van der Waals surface area (Å²) in [6, 6.07) is 10.7. The molecule has 0 aliphatic heterocycles. The number of carbonyl (C=O) groups is 2. The summed E-state index contributed by atoms with van der Waals surface area (Å²) in [5, 5.41) is 12.4. The van der Waals surface area contributed by atoms with Gasteiger partial charge in [0.25, 0.3) is 5.91 Å². The fourth-order valence-electron chi connectivity index (χ4n) is 2.43. The third-order valence-electron chi connectivity index (χ3n) is 3.72. The average Bonchev–Trinajstić information content (AvgIpc) is 3.08. The lowest BCUT2D eigenvalue weighted by Gasteiger charge is -2.06. The molecular weight excluding hydrogens is 364 g/mol. The number of methoxy groups -OCH3 is 2. The van der Waals surface area contributed by atoms with Gasteiger partial charge in [-0.15, -0.1) is 11.3 Å². The number of amides is 1. The molecule has 0 fully saturated rings. The van der Waals surface area contributed by atoms with Gasteiger partial charge in [0.05, 0.1) is 19.8 Å². The molecule has 1 heterocycles. The van der Waals surface area contributed by atoms with E-state index in [0.717, 1.165) is 17.7 Å². The number of nitrogens with one attached hydrogen (secondary N) is 1. The SMILES string of the molecule is CCCc1cc(C(=O)OC)c(NC(=O)/C(C#N)=C/c2ccccc2OC)s1. The molecule has 1 aromatic heterocycles. The van der Waals surface area contributed by atoms with E-state index >= 15 is 0 Å². The van der Waals surface area contributed by atoms with Gasteiger partial charge in [-0.3, -0.25) is 4.79 Å². The van der Waals surface area contributed by atoms with E-state index in [-0.39, 0.29) is 11.1 Å². The lowest BCUT2D eigenvalue weighted by Crippen LogP contribution is -2.15. The summed E-state index contributed by atoms with van der Waals surface area (Å²) in [5.41, 5.74) is 0.799. The van der Waals surface area contributed by atoms with Crippen LogP contribution in [0, 0.1) is 11.3 Å². The number of anilines is 1. The highest BCUT2D eigenvalue weighted by Crippen LogP contribution is 2.30. The monoisotopic (exact) mass is 384 g/mol. The number of benzene rings is 1. The molecule has 0 saturated heterocycles. The first-order chi connectivity index (χ1) is 13.0. The van der Waals surface area contributed by atoms with Gasteiger partial charge in [-0.25, -0.2) is 4.79 Å². The Bertz CT molecular complexity index is 909. The van der Waals surface area contributed by atoms with E-state index < -0.39 is 11.9 Å². The molecule has 0 bridgehead atoms. The summed E-state index contributed by atoms with van der Waals surface area (Å²) < 4.78 is 10.0. The number of hydrogen-bond donors (Lipinski definition) is 1. The summed E-state index contributed by atoms with van der Waals surface area (Å²) in [6.45, 7) is 2.03. The first kappa shape index (κ1) is 20.2. The number of thiophene rings is 1. The Hall–Kier alpha value is -3.11. The maximum Gasteiger partial charge on any atom is 0.340 e. The number of rotatable bonds is 7. The number of ether oxygens (including phenoxy) is 2. The number of carbonyl (C=O) groups excluding carboxylic acids is 2. The van der Waals surface area contributed by atoms with Crippen molar-refractivity contribution in [1.82, 2.24) is 0 Å². The van der Waals surface area contributed by atoms with Gasteiger partial charge in [0.2, 0.25) is 0 Å². The molecule has 1 amide bonds. The first-order valence-corrected chi connectivity index (χ1v) is 9.12. The third-order valence-corrected chi connectivity index (χ3v) is 4.83. The van der Waals surface area contributed by atoms with Crippen molar-refractivity contribution in [2.24, 2.45) is 0 Å². The standard InChI is InChI=1S/C20H20N2O4S/c1-4-7-15-11-16(20(24)26-3)19(27-15)22-18(23)14(12-21)10-13-8-5-6-9-17(13)25-2/h5-6,8-11H,4,7H2,1-3H3,(H,22,23)/b14-10+. The van der Waals surface area contributed by atoms with E-state index in [9.17, 15) is 14.9 Å². The zero-order chi connectivity index (χ0) is 19.8. The van der Waals surface area contributed by atoms with Gasteiger partial charge in [0.1, 0.15) is 22.4 Å². The third kappa shape index (κ3) is 4.96. The quantitative estimate of drug-likeness (QED) is 0.442. The van der Waals surface area contributed by atoms with Crippen LogP contribution in [0.4, 0.5) is 5.00 Å². The minimum Gasteiger partial charge on any atom is -0.496 e. The molecular formula is C20H20N2O4S. The van der Waals surface area contributed by atoms with Crippen molar-refractivity contribution in [2.75, 3.05) is 19.5 Å². The Balaban J connectivity index is 2.33. The van der Waals surface area contributed by atoms with Crippen LogP contribution in [0.3, 0.4) is 0 Å². The first-order valence-electron chi connectivity index (χ1n) is 8.31. The second kappa shape index (κ2) is 9.55. The van der Waals surface area contributed by atoms with Crippen LogP contribution in [0.1, 0.15) is 34.1 Å². The number of nitrogens with zero attached hydrogens (tertiary/aromatic N) is 1. The molecule has 6 nitrogen and oxygen atoms in total. The maximum atomic E-state index is 12.6. The molecule has 1 aromatic carbocycles. The molecule has 0 unspecified atom stereocenters. The molecule has 0 spiro atoms. The predicted octanol–water partition coefficient (Wildman–Crippen LogP) is 4.04. The Morgan fingerprint density at radius 3 is 2.67 bits per heavy atom. The van der Waals surface area contributed by atoms with Crippen molar-refractivity contribution >= 4 is 34.3 Å². The maximum absolute atomic E-state index is 12.6. The van der Waals surface area contributed by atoms with Crippen LogP contribution in [0.5, 0.6) is 5.75 Å². The van der Waals surface area contributed by atoms with E-state index in [2.05, 4.69) is 5.32 Å². The molecule has 0 saturated carbocycles. The Morgan fingerprint density at radius 2 is 2.04 bits per heavy atom. The highest BCUT2D eigenvalue weighted by Gasteiger charge is 2.20. The number of para-hydroxylation sites is 1. The summed E-state index contributed by atoms with van der Waals surface area (Å²) in [5.74, 6) is -0.579. The molecule has 0 radical (unpaired) electrons. The fourth-order valence-corrected chi connectivity index (χ4v) is 3.57. The predicted molar refractivity (Wildman–Crippen MR) is 105 cm³/mol. The van der Waals surface area contributed by atoms with Gasteiger partial charge in [-0.05, 0) is 24.6 Å². The average molecular weight is 384 g/mol. The van der Waals surface area contributed by atoms with Gasteiger partial charge in [-0.1, -0.05) is 31.5 Å². The van der Waals surface area contributed by atoms with Gasteiger partial charge >= 0.3 is 5.97 Å². The van der Waals surface area contributed by atoms with Crippen molar-refractivity contribution in [3.8, 4) is 11.8 Å². The molecule has 27 heavy (non-hydrogen) atoms. The Morgan fingerprint density at radius 1 is 1.30 bits per heavy atom. The van der Waals surface area contributed by atoms with E-state index in [1.54, 1.807) is 30.3 Å². The number of esters is 1. The van der Waals surface area contributed by atoms with Gasteiger partial charge in [0.15, 0.2) is 0 Å². The van der Waals surface area contributed by atoms with Gasteiger partial charge < -0.3 is 14.8 Å². The molecule has 0 aliphatic rings. The fraction of sp³-hybridized carbons (Fsp3) is 0.250. The number of nitriles is 1. The minimum atomic E-state index is -0.599. The number of hydrogen-bond acceptors (Lipinski definition) is 6. The summed E-state index contributed by atoms with van der Waals surface area (Å²) in [6.07, 6.45) is 3.14. The Kier molecular flexibility index (Phi) is 7.15. The molecule has 0 atom stereocenters. The van der Waals surface area contributed by atoms with Crippen LogP contribution in [0.25, 0.3) is 6.08 Å². The van der Waals surface area contributed by atoms with Crippen LogP contribution in [-0.4, -0.2) is 26.1 Å². The normalized spacial score (nSPS) is 10.8. The van der Waals surface area contributed by atoms with Crippen molar-refractivity contribution in [3.05, 3.63) is 51.9 Å². The lowest BCUT2D eigenvalue weighted by atomic mass is 10.1. The van der Waals surface area contributed by atoms with Crippen LogP contribution in [-0.2, 0) is 16.0 Å². The zero-order valence-electron chi connectivity index (χ0n) is 15.4. The largest absolute Gasteiger partial charge is 0.496 e. The second-order valence-corrected chi connectivity index (χ2v) is 6.70. The van der Waals surface area contributed by atoms with E-state index in [0.29, 0.717) is 16.3 Å². The summed E-state index contributed by atoms with van der Waals surface area (Å²) in [4.78, 5) is 25.5. The second-order valence-electron chi connectivity index (χ2n) is 5.56. The van der Waals surface area contributed by atoms with E-state index in [4.69, 9.17) is 9.47 Å². The molecule has 1 N–H and O–H groups in total. The highest BCUT2D eigenvalue weighted by atomic mass is 32.1. The van der Waals surface area contributed by atoms with Gasteiger partial charge in [-0.2, -0.15) is 5.26 Å². The minimum absolute atomic E-state index is 0.0965. The van der Waals surface area contributed by atoms with Crippen LogP contribution in [0.15, 0.2) is 35.9 Å². The topological polar surface area (TPSA) is 88.4 Å². The van der Waals surface area contributed by atoms with Crippen LogP contribution in [0.2, 0.25) is 0 Å². The molecule has 7 heteroatoms. The van der Waals surface area contributed by atoms with Crippen LogP contribution >= 0.6 is 11.3 Å². The zero-order valence-corrected chi connectivity index (χ0v) is 16.2. The molecule has 140 valence electrons. The van der Waals surface area contributed by atoms with Gasteiger partial charge in [0, 0.05) is 10.4 Å². The molecule has 2 rings (SSSR count). The van der Waals surface area contributed by atoms with Crippen molar-refractivity contribution in [2.45, 2.75) is 19.8 Å². The molecule has 0 aliphatic carbocycles.